The lowest BCUT2D eigenvalue weighted by molar-refractivity contribution is -0.139. The Morgan fingerprint density at radius 3 is 2.62 bits per heavy atom. The van der Waals surface area contributed by atoms with Crippen molar-refractivity contribution in [3.63, 3.8) is 0 Å². The van der Waals surface area contributed by atoms with Crippen LogP contribution in [0, 0.1) is 12.8 Å². The minimum atomic E-state index is -0.469. The summed E-state index contributed by atoms with van der Waals surface area (Å²) in [6, 6.07) is 11.9. The molecule has 1 saturated heterocycles. The molecule has 2 fully saturated rings. The lowest BCUT2D eigenvalue weighted by atomic mass is 9.83. The highest BCUT2D eigenvalue weighted by atomic mass is 32.1. The first kappa shape index (κ1) is 25.9. The van der Waals surface area contributed by atoms with Crippen molar-refractivity contribution in [2.24, 2.45) is 5.92 Å². The Hall–Kier alpha value is -2.77. The number of hydrogen-bond acceptors (Lipinski definition) is 5. The third-order valence-corrected chi connectivity index (χ3v) is 9.19. The van der Waals surface area contributed by atoms with Gasteiger partial charge in [-0.05, 0) is 68.8 Å². The molecule has 2 aromatic carbocycles. The quantitative estimate of drug-likeness (QED) is 0.426. The van der Waals surface area contributed by atoms with Crippen molar-refractivity contribution in [1.29, 1.82) is 0 Å². The molecule has 5 rings (SSSR count). The van der Waals surface area contributed by atoms with Crippen LogP contribution >= 0.6 is 11.3 Å². The highest BCUT2D eigenvalue weighted by Gasteiger charge is 2.40. The number of carbonyl (C=O) groups is 2. The van der Waals surface area contributed by atoms with Gasteiger partial charge in [-0.2, -0.15) is 0 Å². The average Bonchev–Trinajstić information content (AvgIpc) is 3.61. The molecule has 7 heteroatoms. The summed E-state index contributed by atoms with van der Waals surface area (Å²) in [4.78, 5) is 34.0. The third kappa shape index (κ3) is 5.30. The summed E-state index contributed by atoms with van der Waals surface area (Å²) in [6.45, 7) is 4.69. The fraction of sp³-hybridized carbons (Fsp3) is 0.500. The summed E-state index contributed by atoms with van der Waals surface area (Å²) in [5.74, 6) is 0.148. The van der Waals surface area contributed by atoms with E-state index < -0.39 is 6.04 Å². The van der Waals surface area contributed by atoms with E-state index in [1.165, 1.54) is 28.3 Å². The van der Waals surface area contributed by atoms with Crippen LogP contribution < -0.4 is 10.6 Å². The lowest BCUT2D eigenvalue weighted by Gasteiger charge is -2.35. The van der Waals surface area contributed by atoms with Crippen LogP contribution in [0.25, 0.3) is 22.0 Å². The molecule has 1 aliphatic heterocycles. The largest absolute Gasteiger partial charge is 0.343 e. The molecule has 2 heterocycles. The van der Waals surface area contributed by atoms with Gasteiger partial charge in [-0.25, -0.2) is 4.98 Å². The predicted octanol–water partition coefficient (Wildman–Crippen LogP) is 5.61. The number of aryl methyl sites for hydroxylation is 1. The van der Waals surface area contributed by atoms with Crippen LogP contribution in [0.15, 0.2) is 41.8 Å². The molecule has 1 aromatic heterocycles. The molecular weight excluding hydrogens is 480 g/mol. The molecule has 37 heavy (non-hydrogen) atoms. The first-order valence-electron chi connectivity index (χ1n) is 13.7. The van der Waals surface area contributed by atoms with Crippen molar-refractivity contribution in [3.8, 4) is 11.3 Å². The average molecular weight is 519 g/mol. The maximum atomic E-state index is 14.0. The Morgan fingerprint density at radius 1 is 1.05 bits per heavy atom. The molecule has 0 bridgehead atoms. The highest BCUT2D eigenvalue weighted by molar-refractivity contribution is 7.10. The minimum Gasteiger partial charge on any atom is -0.343 e. The molecular formula is C30H38N4O2S. The summed E-state index contributed by atoms with van der Waals surface area (Å²) in [7, 11) is 1.77. The third-order valence-electron chi connectivity index (χ3n) is 8.25. The van der Waals surface area contributed by atoms with Crippen molar-refractivity contribution in [3.05, 3.63) is 52.3 Å². The van der Waals surface area contributed by atoms with Gasteiger partial charge in [-0.3, -0.25) is 9.59 Å². The van der Waals surface area contributed by atoms with Gasteiger partial charge in [0.2, 0.25) is 11.8 Å². The molecule has 1 aliphatic carbocycles. The Kier molecular flexibility index (Phi) is 7.91. The van der Waals surface area contributed by atoms with Gasteiger partial charge in [-0.1, -0.05) is 55.7 Å². The number of benzene rings is 2. The van der Waals surface area contributed by atoms with Gasteiger partial charge < -0.3 is 15.5 Å². The molecule has 1 saturated carbocycles. The van der Waals surface area contributed by atoms with Gasteiger partial charge >= 0.3 is 0 Å². The van der Waals surface area contributed by atoms with Gasteiger partial charge in [0.05, 0.1) is 17.8 Å². The number of amides is 2. The number of hydrogen-bond donors (Lipinski definition) is 2. The topological polar surface area (TPSA) is 74.3 Å². The first-order chi connectivity index (χ1) is 18.0. The van der Waals surface area contributed by atoms with E-state index in [9.17, 15) is 9.59 Å². The van der Waals surface area contributed by atoms with Gasteiger partial charge in [0.15, 0.2) is 0 Å². The zero-order valence-corrected chi connectivity index (χ0v) is 22.9. The second-order valence-electron chi connectivity index (χ2n) is 10.6. The van der Waals surface area contributed by atoms with Crippen molar-refractivity contribution >= 4 is 33.9 Å². The summed E-state index contributed by atoms with van der Waals surface area (Å²) in [5.41, 5.74) is 3.35. The van der Waals surface area contributed by atoms with Crippen molar-refractivity contribution in [1.82, 2.24) is 20.5 Å². The van der Waals surface area contributed by atoms with Crippen molar-refractivity contribution in [2.75, 3.05) is 13.6 Å². The van der Waals surface area contributed by atoms with Crippen LogP contribution in [-0.4, -0.2) is 47.4 Å². The monoisotopic (exact) mass is 518 g/mol. The van der Waals surface area contributed by atoms with E-state index in [-0.39, 0.29) is 29.8 Å². The van der Waals surface area contributed by atoms with Gasteiger partial charge in [0.25, 0.3) is 0 Å². The number of fused-ring (bicyclic) bond motifs is 1. The Bertz CT molecular complexity index is 1270. The highest BCUT2D eigenvalue weighted by Crippen LogP contribution is 2.39. The Balaban J connectivity index is 1.42. The van der Waals surface area contributed by atoms with E-state index in [1.807, 2.05) is 11.8 Å². The van der Waals surface area contributed by atoms with Crippen LogP contribution in [0.2, 0.25) is 0 Å². The molecule has 3 aromatic rings. The first-order valence-corrected chi connectivity index (χ1v) is 14.6. The summed E-state index contributed by atoms with van der Waals surface area (Å²) in [6.07, 6.45) is 7.29. The standard InChI is InChI=1S/C30H38N4O2S/c1-19-15-16-21-10-7-8-13-23(21)26(19)24-18-37-29(32-24)25-14-9-17-34(25)30(36)27(22-11-5-4-6-12-22)33-28(35)20(2)31-3/h7-8,10,13,15-16,18,20,22,25,27,31H,4-6,9,11-12,14,17H2,1-3H3,(H,33,35)/t20-,25-,27-/m0/s1. The number of rotatable bonds is 7. The van der Waals surface area contributed by atoms with Crippen LogP contribution in [0.4, 0.5) is 0 Å². The van der Waals surface area contributed by atoms with E-state index in [0.29, 0.717) is 6.54 Å². The smallest absolute Gasteiger partial charge is 0.246 e. The maximum Gasteiger partial charge on any atom is 0.246 e. The van der Waals surface area contributed by atoms with Gasteiger partial charge in [0.1, 0.15) is 11.0 Å². The summed E-state index contributed by atoms with van der Waals surface area (Å²) >= 11 is 1.65. The van der Waals surface area contributed by atoms with Crippen molar-refractivity contribution < 1.29 is 9.59 Å². The van der Waals surface area contributed by atoms with Crippen molar-refractivity contribution in [2.45, 2.75) is 76.9 Å². The normalized spacial score (nSPS) is 20.2. The second kappa shape index (κ2) is 11.3. The summed E-state index contributed by atoms with van der Waals surface area (Å²) < 4.78 is 0. The fourth-order valence-corrected chi connectivity index (χ4v) is 6.96. The molecule has 196 valence electrons. The number of likely N-dealkylation sites (tertiary alicyclic amines) is 1. The van der Waals surface area contributed by atoms with E-state index in [4.69, 9.17) is 4.98 Å². The Labute approximate surface area is 223 Å². The molecule has 0 unspecified atom stereocenters. The second-order valence-corrected chi connectivity index (χ2v) is 11.5. The van der Waals surface area contributed by atoms with Crippen LogP contribution in [0.3, 0.4) is 0 Å². The zero-order valence-electron chi connectivity index (χ0n) is 22.1. The van der Waals surface area contributed by atoms with Gasteiger partial charge in [-0.15, -0.1) is 11.3 Å². The maximum absolute atomic E-state index is 14.0. The number of nitrogens with one attached hydrogen (secondary N) is 2. The Morgan fingerprint density at radius 2 is 1.84 bits per heavy atom. The molecule has 6 nitrogen and oxygen atoms in total. The van der Waals surface area contributed by atoms with E-state index in [1.54, 1.807) is 18.4 Å². The summed E-state index contributed by atoms with van der Waals surface area (Å²) in [5, 5.41) is 11.7. The molecule has 0 spiro atoms. The number of nitrogens with zero attached hydrogens (tertiary/aromatic N) is 2. The number of likely N-dealkylation sites (N-methyl/N-ethyl adjacent to an activating group) is 1. The van der Waals surface area contributed by atoms with Gasteiger partial charge in [0, 0.05) is 17.5 Å². The van der Waals surface area contributed by atoms with E-state index >= 15 is 0 Å². The molecule has 3 atom stereocenters. The fourth-order valence-electron chi connectivity index (χ4n) is 6.00. The molecule has 2 N–H and O–H groups in total. The number of aromatic nitrogens is 1. The van der Waals surface area contributed by atoms with E-state index in [2.05, 4.69) is 59.3 Å². The SMILES string of the molecule is CN[C@@H](C)C(=O)N[C@H](C(=O)N1CCC[C@H]1c1nc(-c2c(C)ccc3ccccc23)cs1)C1CCCCC1. The predicted molar refractivity (Wildman–Crippen MR) is 151 cm³/mol. The number of carbonyl (C=O) groups excluding carboxylic acids is 2. The molecule has 2 aliphatic rings. The van der Waals surface area contributed by atoms with E-state index in [0.717, 1.165) is 49.2 Å². The zero-order chi connectivity index (χ0) is 25.9. The minimum absolute atomic E-state index is 0.0359. The number of thiazole rings is 1. The van der Waals surface area contributed by atoms with Crippen LogP contribution in [-0.2, 0) is 9.59 Å². The molecule has 0 radical (unpaired) electrons. The lowest BCUT2D eigenvalue weighted by Crippen LogP contribution is -2.55. The molecule has 2 amide bonds. The van der Waals surface area contributed by atoms with Crippen LogP contribution in [0.5, 0.6) is 0 Å². The van der Waals surface area contributed by atoms with Crippen LogP contribution in [0.1, 0.15) is 68.5 Å².